The van der Waals surface area contributed by atoms with Gasteiger partial charge in [-0.1, -0.05) is 0 Å². The van der Waals surface area contributed by atoms with Gasteiger partial charge in [0.1, 0.15) is 0 Å². The van der Waals surface area contributed by atoms with Gasteiger partial charge >= 0.3 is 12.1 Å². The molecule has 2 heterocycles. The predicted octanol–water partition coefficient (Wildman–Crippen LogP) is 2.07. The average Bonchev–Trinajstić information content (AvgIpc) is 2.86. The van der Waals surface area contributed by atoms with Crippen molar-refractivity contribution in [2.24, 2.45) is 0 Å². The van der Waals surface area contributed by atoms with Crippen molar-refractivity contribution in [1.29, 1.82) is 0 Å². The van der Waals surface area contributed by atoms with E-state index in [2.05, 4.69) is 14.8 Å². The normalized spacial score (nSPS) is 11.4. The Labute approximate surface area is 105 Å². The van der Waals surface area contributed by atoms with E-state index in [0.717, 1.165) is 23.0 Å². The van der Waals surface area contributed by atoms with Crippen LogP contribution in [0.2, 0.25) is 0 Å². The SMILES string of the molecule is COC(=O)c1cnn(-c2cc(C(F)(F)F)ccn2)c1. The van der Waals surface area contributed by atoms with Crippen molar-refractivity contribution >= 4 is 5.97 Å². The largest absolute Gasteiger partial charge is 0.465 e. The van der Waals surface area contributed by atoms with Crippen molar-refractivity contribution in [3.8, 4) is 5.82 Å². The summed E-state index contributed by atoms with van der Waals surface area (Å²) >= 11 is 0. The molecule has 5 nitrogen and oxygen atoms in total. The third kappa shape index (κ3) is 2.72. The molecular formula is C11H8F3N3O2. The Balaban J connectivity index is 2.37. The first-order chi connectivity index (χ1) is 8.91. The minimum Gasteiger partial charge on any atom is -0.465 e. The summed E-state index contributed by atoms with van der Waals surface area (Å²) < 4.78 is 43.2. The van der Waals surface area contributed by atoms with Gasteiger partial charge in [0.2, 0.25) is 0 Å². The Morgan fingerprint density at radius 3 is 2.79 bits per heavy atom. The molecule has 0 saturated carbocycles. The van der Waals surface area contributed by atoms with Crippen molar-refractivity contribution in [3.05, 3.63) is 41.9 Å². The van der Waals surface area contributed by atoms with Crippen molar-refractivity contribution in [3.63, 3.8) is 0 Å². The van der Waals surface area contributed by atoms with E-state index in [9.17, 15) is 18.0 Å². The fourth-order valence-electron chi connectivity index (χ4n) is 1.39. The van der Waals surface area contributed by atoms with Gasteiger partial charge in [0.15, 0.2) is 5.82 Å². The van der Waals surface area contributed by atoms with Crippen LogP contribution in [-0.2, 0) is 10.9 Å². The second-order valence-corrected chi connectivity index (χ2v) is 3.57. The lowest BCUT2D eigenvalue weighted by molar-refractivity contribution is -0.137. The molecule has 2 aromatic heterocycles. The molecule has 0 radical (unpaired) electrons. The molecule has 0 aliphatic heterocycles. The number of hydrogen-bond donors (Lipinski definition) is 0. The smallest absolute Gasteiger partial charge is 0.416 e. The summed E-state index contributed by atoms with van der Waals surface area (Å²) in [7, 11) is 1.20. The lowest BCUT2D eigenvalue weighted by Gasteiger charge is -2.07. The number of methoxy groups -OCH3 is 1. The maximum atomic E-state index is 12.5. The molecule has 100 valence electrons. The van der Waals surface area contributed by atoms with Crippen LogP contribution in [0.3, 0.4) is 0 Å². The lowest BCUT2D eigenvalue weighted by Crippen LogP contribution is -2.07. The molecule has 0 aromatic carbocycles. The van der Waals surface area contributed by atoms with Gasteiger partial charge in [-0.25, -0.2) is 14.5 Å². The number of rotatable bonds is 2. The first kappa shape index (κ1) is 13.1. The van der Waals surface area contributed by atoms with Crippen LogP contribution < -0.4 is 0 Å². The van der Waals surface area contributed by atoms with Crippen molar-refractivity contribution in [1.82, 2.24) is 14.8 Å². The van der Waals surface area contributed by atoms with Crippen LogP contribution in [0, 0.1) is 0 Å². The molecule has 0 fully saturated rings. The number of halogens is 3. The van der Waals surface area contributed by atoms with E-state index in [4.69, 9.17) is 0 Å². The van der Waals surface area contributed by atoms with Crippen LogP contribution in [0.1, 0.15) is 15.9 Å². The van der Waals surface area contributed by atoms with Gasteiger partial charge in [-0.15, -0.1) is 0 Å². The highest BCUT2D eigenvalue weighted by molar-refractivity contribution is 5.88. The van der Waals surface area contributed by atoms with Crippen LogP contribution in [0.25, 0.3) is 5.82 Å². The fourth-order valence-corrected chi connectivity index (χ4v) is 1.39. The minimum absolute atomic E-state index is 0.0371. The number of pyridine rings is 1. The Morgan fingerprint density at radius 2 is 2.16 bits per heavy atom. The molecule has 0 bridgehead atoms. The van der Waals surface area contributed by atoms with E-state index in [-0.39, 0.29) is 11.4 Å². The summed E-state index contributed by atoms with van der Waals surface area (Å²) in [5.74, 6) is -0.664. The summed E-state index contributed by atoms with van der Waals surface area (Å²) in [6, 6.07) is 1.70. The van der Waals surface area contributed by atoms with Crippen molar-refractivity contribution in [2.45, 2.75) is 6.18 Å². The Hall–Kier alpha value is -2.38. The number of ether oxygens (including phenoxy) is 1. The van der Waals surface area contributed by atoms with Crippen LogP contribution in [0.4, 0.5) is 13.2 Å². The number of carbonyl (C=O) groups excluding carboxylic acids is 1. The Bertz CT molecular complexity index is 607. The Kier molecular flexibility index (Phi) is 3.24. The molecule has 0 saturated heterocycles. The van der Waals surface area contributed by atoms with Gasteiger partial charge in [-0.3, -0.25) is 0 Å². The Morgan fingerprint density at radius 1 is 1.42 bits per heavy atom. The fraction of sp³-hybridized carbons (Fsp3) is 0.182. The third-order valence-corrected chi connectivity index (χ3v) is 2.31. The van der Waals surface area contributed by atoms with Crippen molar-refractivity contribution in [2.75, 3.05) is 7.11 Å². The maximum absolute atomic E-state index is 12.5. The van der Waals surface area contributed by atoms with Crippen LogP contribution >= 0.6 is 0 Å². The van der Waals surface area contributed by atoms with Crippen LogP contribution in [0.5, 0.6) is 0 Å². The summed E-state index contributed by atoms with van der Waals surface area (Å²) in [5.41, 5.74) is -0.714. The van der Waals surface area contributed by atoms with E-state index < -0.39 is 17.7 Å². The number of nitrogens with zero attached hydrogens (tertiary/aromatic N) is 3. The molecule has 0 N–H and O–H groups in total. The van der Waals surface area contributed by atoms with E-state index in [1.54, 1.807) is 0 Å². The molecule has 0 aliphatic rings. The van der Waals surface area contributed by atoms with Crippen LogP contribution in [0.15, 0.2) is 30.7 Å². The highest BCUT2D eigenvalue weighted by atomic mass is 19.4. The maximum Gasteiger partial charge on any atom is 0.416 e. The molecule has 19 heavy (non-hydrogen) atoms. The third-order valence-electron chi connectivity index (χ3n) is 2.31. The summed E-state index contributed by atoms with van der Waals surface area (Å²) in [6.07, 6.45) is -1.00. The molecule has 0 unspecified atom stereocenters. The molecule has 0 spiro atoms. The molecule has 2 aromatic rings. The molecule has 0 aliphatic carbocycles. The van der Waals surface area contributed by atoms with Gasteiger partial charge in [0, 0.05) is 12.4 Å². The predicted molar refractivity (Wildman–Crippen MR) is 57.7 cm³/mol. The molecule has 2 rings (SSSR count). The van der Waals surface area contributed by atoms with E-state index in [0.29, 0.717) is 0 Å². The minimum atomic E-state index is -4.46. The average molecular weight is 271 g/mol. The van der Waals surface area contributed by atoms with Gasteiger partial charge < -0.3 is 4.74 Å². The zero-order chi connectivity index (χ0) is 14.0. The quantitative estimate of drug-likeness (QED) is 0.785. The van der Waals surface area contributed by atoms with Crippen molar-refractivity contribution < 1.29 is 22.7 Å². The summed E-state index contributed by atoms with van der Waals surface area (Å²) in [6.45, 7) is 0. The van der Waals surface area contributed by atoms with E-state index in [1.165, 1.54) is 19.5 Å². The summed E-state index contributed by atoms with van der Waals surface area (Å²) in [4.78, 5) is 15.0. The van der Waals surface area contributed by atoms with Gasteiger partial charge in [-0.05, 0) is 12.1 Å². The first-order valence-electron chi connectivity index (χ1n) is 5.08. The number of aromatic nitrogens is 3. The van der Waals surface area contributed by atoms with E-state index in [1.807, 2.05) is 0 Å². The molecule has 0 amide bonds. The number of esters is 1. The topological polar surface area (TPSA) is 57.0 Å². The van der Waals surface area contributed by atoms with Gasteiger partial charge in [0.25, 0.3) is 0 Å². The monoisotopic (exact) mass is 271 g/mol. The van der Waals surface area contributed by atoms with E-state index >= 15 is 0 Å². The second kappa shape index (κ2) is 4.71. The number of hydrogen-bond acceptors (Lipinski definition) is 4. The zero-order valence-corrected chi connectivity index (χ0v) is 9.68. The standard InChI is InChI=1S/C11H8F3N3O2/c1-19-10(18)7-5-16-17(6-7)9-4-8(2-3-15-9)11(12,13)14/h2-6H,1H3. The van der Waals surface area contributed by atoms with Crippen LogP contribution in [-0.4, -0.2) is 27.8 Å². The molecule has 0 atom stereocenters. The number of alkyl halides is 3. The zero-order valence-electron chi connectivity index (χ0n) is 9.68. The van der Waals surface area contributed by atoms with Gasteiger partial charge in [-0.2, -0.15) is 18.3 Å². The highest BCUT2D eigenvalue weighted by Crippen LogP contribution is 2.29. The van der Waals surface area contributed by atoms with Gasteiger partial charge in [0.05, 0.1) is 24.4 Å². The summed E-state index contributed by atoms with van der Waals surface area (Å²) in [5, 5.41) is 3.76. The highest BCUT2D eigenvalue weighted by Gasteiger charge is 2.31. The molecular weight excluding hydrogens is 263 g/mol. The first-order valence-corrected chi connectivity index (χ1v) is 5.08. The second-order valence-electron chi connectivity index (χ2n) is 3.57. The number of carbonyl (C=O) groups is 1. The lowest BCUT2D eigenvalue weighted by atomic mass is 10.2. The molecule has 8 heteroatoms.